The summed E-state index contributed by atoms with van der Waals surface area (Å²) in [6.07, 6.45) is 2.06. The average Bonchev–Trinajstić information content (AvgIpc) is 2.80. The molecule has 0 bridgehead atoms. The molecule has 5 nitrogen and oxygen atoms in total. The number of hydrogen-bond acceptors (Lipinski definition) is 3. The Balaban J connectivity index is 2.10. The molecule has 21 heavy (non-hydrogen) atoms. The van der Waals surface area contributed by atoms with Crippen LogP contribution in [0.2, 0.25) is 5.02 Å². The van der Waals surface area contributed by atoms with Crippen LogP contribution in [0.4, 0.5) is 5.82 Å². The van der Waals surface area contributed by atoms with E-state index in [0.717, 1.165) is 11.1 Å². The van der Waals surface area contributed by atoms with Crippen molar-refractivity contribution < 1.29 is 9.53 Å². The number of nitrogens with zero attached hydrogens (tertiary/aromatic N) is 2. The molecule has 0 aliphatic rings. The zero-order chi connectivity index (χ0) is 15.2. The fourth-order valence-corrected chi connectivity index (χ4v) is 2.04. The first kappa shape index (κ1) is 15.5. The van der Waals surface area contributed by atoms with Crippen LogP contribution >= 0.6 is 11.6 Å². The first-order valence-corrected chi connectivity index (χ1v) is 7.03. The topological polar surface area (TPSA) is 56.1 Å². The first-order chi connectivity index (χ1) is 10.1. The van der Waals surface area contributed by atoms with E-state index in [2.05, 4.69) is 10.4 Å². The van der Waals surface area contributed by atoms with Crippen molar-refractivity contribution in [1.29, 1.82) is 0 Å². The van der Waals surface area contributed by atoms with Gasteiger partial charge in [0.1, 0.15) is 5.82 Å². The third-order valence-corrected chi connectivity index (χ3v) is 3.31. The molecule has 0 fully saturated rings. The second kappa shape index (κ2) is 7.24. The van der Waals surface area contributed by atoms with E-state index in [9.17, 15) is 4.79 Å². The monoisotopic (exact) mass is 307 g/mol. The van der Waals surface area contributed by atoms with Crippen LogP contribution in [0.1, 0.15) is 17.5 Å². The summed E-state index contributed by atoms with van der Waals surface area (Å²) < 4.78 is 6.67. The van der Waals surface area contributed by atoms with Crippen molar-refractivity contribution in [2.75, 3.05) is 19.0 Å². The number of ether oxygens (including phenoxy) is 1. The number of methoxy groups -OCH3 is 1. The molecule has 2 rings (SSSR count). The normalized spacial score (nSPS) is 10.6. The quantitative estimate of drug-likeness (QED) is 0.893. The van der Waals surface area contributed by atoms with Crippen LogP contribution in [0.15, 0.2) is 30.5 Å². The van der Waals surface area contributed by atoms with Gasteiger partial charge in [0.15, 0.2) is 0 Å². The number of amides is 1. The molecule has 112 valence electrons. The van der Waals surface area contributed by atoms with Gasteiger partial charge in [0.2, 0.25) is 5.91 Å². The molecule has 1 aromatic carbocycles. The third kappa shape index (κ3) is 4.31. The van der Waals surface area contributed by atoms with Gasteiger partial charge in [-0.05, 0) is 24.6 Å². The lowest BCUT2D eigenvalue weighted by molar-refractivity contribution is -0.117. The molecule has 0 radical (unpaired) electrons. The fraction of sp³-hybridized carbons (Fsp3) is 0.333. The lowest BCUT2D eigenvalue weighted by Crippen LogP contribution is -2.18. The van der Waals surface area contributed by atoms with Crippen molar-refractivity contribution >= 4 is 23.3 Å². The number of carbonyl (C=O) groups is 1. The van der Waals surface area contributed by atoms with Crippen LogP contribution in [-0.4, -0.2) is 29.4 Å². The highest BCUT2D eigenvalue weighted by atomic mass is 35.5. The molecule has 1 N–H and O–H groups in total. The Morgan fingerprint density at radius 3 is 2.76 bits per heavy atom. The van der Waals surface area contributed by atoms with E-state index in [-0.39, 0.29) is 5.91 Å². The van der Waals surface area contributed by atoms with E-state index in [1.54, 1.807) is 18.0 Å². The second-order valence-corrected chi connectivity index (χ2v) is 5.19. The van der Waals surface area contributed by atoms with Gasteiger partial charge in [0.25, 0.3) is 0 Å². The summed E-state index contributed by atoms with van der Waals surface area (Å²) in [5, 5.41) is 7.88. The van der Waals surface area contributed by atoms with Gasteiger partial charge in [-0.1, -0.05) is 23.7 Å². The molecule has 6 heteroatoms. The number of anilines is 1. The Bertz CT molecular complexity index is 608. The molecule has 0 unspecified atom stereocenters. The van der Waals surface area contributed by atoms with Gasteiger partial charge in [0.05, 0.1) is 25.8 Å². The van der Waals surface area contributed by atoms with Crippen LogP contribution in [0, 0.1) is 6.92 Å². The van der Waals surface area contributed by atoms with Crippen molar-refractivity contribution in [1.82, 2.24) is 9.78 Å². The SMILES string of the molecule is COCCC(=O)Nc1c(C)cnn1Cc1ccc(Cl)cc1. The van der Waals surface area contributed by atoms with Crippen molar-refractivity contribution in [3.8, 4) is 0 Å². The number of aryl methyl sites for hydroxylation is 1. The van der Waals surface area contributed by atoms with Gasteiger partial charge in [-0.2, -0.15) is 5.10 Å². The van der Waals surface area contributed by atoms with Crippen LogP contribution in [0.3, 0.4) is 0 Å². The van der Waals surface area contributed by atoms with Crippen LogP contribution in [-0.2, 0) is 16.1 Å². The first-order valence-electron chi connectivity index (χ1n) is 6.66. The fourth-order valence-electron chi connectivity index (χ4n) is 1.91. The molecule has 1 heterocycles. The van der Waals surface area contributed by atoms with E-state index in [1.807, 2.05) is 31.2 Å². The highest BCUT2D eigenvalue weighted by Crippen LogP contribution is 2.17. The molecule has 1 aromatic heterocycles. The molecule has 0 spiro atoms. The maximum absolute atomic E-state index is 11.8. The largest absolute Gasteiger partial charge is 0.384 e. The highest BCUT2D eigenvalue weighted by molar-refractivity contribution is 6.30. The summed E-state index contributed by atoms with van der Waals surface area (Å²) in [7, 11) is 1.57. The predicted molar refractivity (Wildman–Crippen MR) is 82.6 cm³/mol. The van der Waals surface area contributed by atoms with Gasteiger partial charge >= 0.3 is 0 Å². The summed E-state index contributed by atoms with van der Waals surface area (Å²) in [4.78, 5) is 11.8. The summed E-state index contributed by atoms with van der Waals surface area (Å²) in [5.74, 6) is 0.629. The molecule has 0 aliphatic heterocycles. The predicted octanol–water partition coefficient (Wildman–Crippen LogP) is 2.87. The lowest BCUT2D eigenvalue weighted by Gasteiger charge is -2.10. The van der Waals surface area contributed by atoms with Crippen molar-refractivity contribution in [2.45, 2.75) is 19.9 Å². The van der Waals surface area contributed by atoms with E-state index in [4.69, 9.17) is 16.3 Å². The summed E-state index contributed by atoms with van der Waals surface area (Å²) in [6, 6.07) is 7.56. The third-order valence-electron chi connectivity index (χ3n) is 3.06. The summed E-state index contributed by atoms with van der Waals surface area (Å²) in [5.41, 5.74) is 1.99. The maximum Gasteiger partial charge on any atom is 0.227 e. The van der Waals surface area contributed by atoms with Crippen LogP contribution < -0.4 is 5.32 Å². The number of carbonyl (C=O) groups excluding carboxylic acids is 1. The van der Waals surface area contributed by atoms with E-state index in [1.165, 1.54) is 0 Å². The molecule has 0 atom stereocenters. The van der Waals surface area contributed by atoms with E-state index < -0.39 is 0 Å². The van der Waals surface area contributed by atoms with E-state index in [0.29, 0.717) is 30.4 Å². The lowest BCUT2D eigenvalue weighted by atomic mass is 10.2. The molecule has 1 amide bonds. The summed E-state index contributed by atoms with van der Waals surface area (Å²) in [6.45, 7) is 2.89. The average molecular weight is 308 g/mol. The number of nitrogens with one attached hydrogen (secondary N) is 1. The number of benzene rings is 1. The zero-order valence-corrected chi connectivity index (χ0v) is 12.9. The number of aromatic nitrogens is 2. The van der Waals surface area contributed by atoms with Crippen molar-refractivity contribution in [3.63, 3.8) is 0 Å². The zero-order valence-electron chi connectivity index (χ0n) is 12.1. The molecule has 0 saturated heterocycles. The highest BCUT2D eigenvalue weighted by Gasteiger charge is 2.11. The maximum atomic E-state index is 11.8. The molecular weight excluding hydrogens is 290 g/mol. The summed E-state index contributed by atoms with van der Waals surface area (Å²) >= 11 is 5.88. The minimum Gasteiger partial charge on any atom is -0.384 e. The Kier molecular flexibility index (Phi) is 5.36. The molecule has 0 aliphatic carbocycles. The van der Waals surface area contributed by atoms with Crippen molar-refractivity contribution in [3.05, 3.63) is 46.6 Å². The molecular formula is C15H18ClN3O2. The Morgan fingerprint density at radius 1 is 1.38 bits per heavy atom. The van der Waals surface area contributed by atoms with Crippen LogP contribution in [0.25, 0.3) is 0 Å². The van der Waals surface area contributed by atoms with Gasteiger partial charge in [-0.25, -0.2) is 4.68 Å². The molecule has 2 aromatic rings. The molecule has 0 saturated carbocycles. The number of hydrogen-bond donors (Lipinski definition) is 1. The number of rotatable bonds is 6. The minimum atomic E-state index is -0.0854. The Hall–Kier alpha value is -1.85. The number of halogens is 1. The van der Waals surface area contributed by atoms with E-state index >= 15 is 0 Å². The standard InChI is InChI=1S/C15H18ClN3O2/c1-11-9-17-19(10-12-3-5-13(16)6-4-12)15(11)18-14(20)7-8-21-2/h3-6,9H,7-8,10H2,1-2H3,(H,18,20). The second-order valence-electron chi connectivity index (χ2n) is 4.75. The Labute approximate surface area is 128 Å². The van der Waals surface area contributed by atoms with Gasteiger partial charge in [-0.3, -0.25) is 4.79 Å². The van der Waals surface area contributed by atoms with Crippen LogP contribution in [0.5, 0.6) is 0 Å². The van der Waals surface area contributed by atoms with Gasteiger partial charge < -0.3 is 10.1 Å². The van der Waals surface area contributed by atoms with Gasteiger partial charge in [-0.15, -0.1) is 0 Å². The smallest absolute Gasteiger partial charge is 0.227 e. The minimum absolute atomic E-state index is 0.0854. The Morgan fingerprint density at radius 2 is 2.10 bits per heavy atom. The van der Waals surface area contributed by atoms with Crippen molar-refractivity contribution in [2.24, 2.45) is 0 Å². The van der Waals surface area contributed by atoms with Gasteiger partial charge in [0, 0.05) is 17.7 Å².